The van der Waals surface area contributed by atoms with Crippen LogP contribution in [0.2, 0.25) is 0 Å². The third-order valence-corrected chi connectivity index (χ3v) is 6.76. The van der Waals surface area contributed by atoms with Crippen molar-refractivity contribution in [2.45, 2.75) is 77.8 Å². The quantitative estimate of drug-likeness (QED) is 0.524. The van der Waals surface area contributed by atoms with E-state index >= 15 is 0 Å². The van der Waals surface area contributed by atoms with Gasteiger partial charge in [-0.25, -0.2) is 0 Å². The zero-order valence-electron chi connectivity index (χ0n) is 18.4. The van der Waals surface area contributed by atoms with Crippen molar-refractivity contribution in [2.75, 3.05) is 19.6 Å². The third kappa shape index (κ3) is 4.73. The Hall–Kier alpha value is -1.69. The molecule has 0 bridgehead atoms. The minimum Gasteiger partial charge on any atom is -0.352 e. The molecule has 3 atom stereocenters. The zero-order chi connectivity index (χ0) is 21.2. The zero-order valence-corrected chi connectivity index (χ0v) is 18.4. The van der Waals surface area contributed by atoms with Crippen LogP contribution < -0.4 is 5.32 Å². The number of carbonyl (C=O) groups excluding carboxylic acids is 3. The fraction of sp³-hybridized carbons (Fsp3) is 0.783. The topological polar surface area (TPSA) is 69.7 Å². The van der Waals surface area contributed by atoms with Crippen LogP contribution in [0.4, 0.5) is 0 Å². The summed E-state index contributed by atoms with van der Waals surface area (Å²) >= 11 is 0. The van der Waals surface area contributed by atoms with E-state index in [1.165, 1.54) is 24.2 Å². The van der Waals surface area contributed by atoms with E-state index in [4.69, 9.17) is 0 Å². The van der Waals surface area contributed by atoms with E-state index < -0.39 is 6.04 Å². The summed E-state index contributed by atoms with van der Waals surface area (Å²) in [4.78, 5) is 42.9. The van der Waals surface area contributed by atoms with Gasteiger partial charge in [0.1, 0.15) is 6.04 Å². The second-order valence-corrected chi connectivity index (χ2v) is 9.93. The van der Waals surface area contributed by atoms with Crippen LogP contribution >= 0.6 is 0 Å². The number of allylic oxidation sites excluding steroid dienone is 2. The minimum absolute atomic E-state index is 0.143. The van der Waals surface area contributed by atoms with Crippen LogP contribution in [0, 0.1) is 17.8 Å². The Morgan fingerprint density at radius 3 is 2.14 bits per heavy atom. The number of carbonyl (C=O) groups is 3. The molecular weight excluding hydrogens is 366 g/mol. The lowest BCUT2D eigenvalue weighted by atomic mass is 9.85. The van der Waals surface area contributed by atoms with Crippen LogP contribution in [0.25, 0.3) is 0 Å². The number of piperidine rings is 1. The molecule has 2 saturated heterocycles. The van der Waals surface area contributed by atoms with Crippen molar-refractivity contribution in [3.8, 4) is 0 Å². The number of amides is 3. The van der Waals surface area contributed by atoms with E-state index in [0.29, 0.717) is 25.8 Å². The number of nitrogens with zero attached hydrogens (tertiary/aromatic N) is 2. The van der Waals surface area contributed by atoms with Crippen LogP contribution in [-0.4, -0.2) is 58.7 Å². The number of hydrogen-bond donors (Lipinski definition) is 1. The van der Waals surface area contributed by atoms with E-state index in [-0.39, 0.29) is 41.0 Å². The van der Waals surface area contributed by atoms with Crippen molar-refractivity contribution in [1.29, 1.82) is 0 Å². The first-order valence-electron chi connectivity index (χ1n) is 11.3. The Morgan fingerprint density at radius 2 is 1.62 bits per heavy atom. The predicted molar refractivity (Wildman–Crippen MR) is 113 cm³/mol. The van der Waals surface area contributed by atoms with Crippen molar-refractivity contribution in [2.24, 2.45) is 17.8 Å². The first-order valence-corrected chi connectivity index (χ1v) is 11.3. The monoisotopic (exact) mass is 403 g/mol. The first kappa shape index (κ1) is 22.0. The molecule has 3 unspecified atom stereocenters. The van der Waals surface area contributed by atoms with Crippen LogP contribution in [0.5, 0.6) is 0 Å². The Labute approximate surface area is 175 Å². The molecule has 29 heavy (non-hydrogen) atoms. The smallest absolute Gasteiger partial charge is 0.243 e. The van der Waals surface area contributed by atoms with E-state index in [1.807, 2.05) is 26.0 Å². The molecule has 6 heteroatoms. The maximum Gasteiger partial charge on any atom is 0.243 e. The summed E-state index contributed by atoms with van der Waals surface area (Å²) in [5.41, 5.74) is -0.143. The molecule has 0 aromatic carbocycles. The van der Waals surface area contributed by atoms with Gasteiger partial charge >= 0.3 is 0 Å². The van der Waals surface area contributed by atoms with Crippen LogP contribution in [0.15, 0.2) is 12.2 Å². The number of hydrogen-bond acceptors (Lipinski definition) is 4. The molecule has 0 aromatic rings. The number of nitrogens with one attached hydrogen (secondary N) is 1. The molecule has 2 heterocycles. The standard InChI is InChI=1S/C23H37N3O3/c1-16(2)14-19(26-21(28)17-10-6-7-11-18(17)22(26)29)20(27)24-15-23(3,4)25-12-8-5-9-13-25/h6-7,16-19H,5,8-15H2,1-4H3,(H,24,27). The molecule has 1 aliphatic carbocycles. The fourth-order valence-electron chi connectivity index (χ4n) is 4.94. The minimum atomic E-state index is -0.710. The maximum absolute atomic E-state index is 13.2. The Kier molecular flexibility index (Phi) is 6.82. The van der Waals surface area contributed by atoms with Gasteiger partial charge in [-0.05, 0) is 65.0 Å². The lowest BCUT2D eigenvalue weighted by Gasteiger charge is -2.41. The van der Waals surface area contributed by atoms with E-state index in [9.17, 15) is 14.4 Å². The van der Waals surface area contributed by atoms with Crippen LogP contribution in [-0.2, 0) is 14.4 Å². The molecule has 1 N–H and O–H groups in total. The average molecular weight is 404 g/mol. The van der Waals surface area contributed by atoms with Crippen molar-refractivity contribution < 1.29 is 14.4 Å². The summed E-state index contributed by atoms with van der Waals surface area (Å²) in [6.45, 7) is 11.0. The Bertz CT molecular complexity index is 638. The highest BCUT2D eigenvalue weighted by atomic mass is 16.2. The van der Waals surface area contributed by atoms with Gasteiger partial charge in [-0.1, -0.05) is 32.4 Å². The van der Waals surface area contributed by atoms with Crippen molar-refractivity contribution in [1.82, 2.24) is 15.1 Å². The SMILES string of the molecule is CC(C)CC(C(=O)NCC(C)(C)N1CCCCC1)N1C(=O)C2CC=CCC2C1=O. The number of likely N-dealkylation sites (tertiary alicyclic amines) is 2. The maximum atomic E-state index is 13.2. The normalized spacial score (nSPS) is 26.7. The lowest BCUT2D eigenvalue weighted by molar-refractivity contribution is -0.148. The van der Waals surface area contributed by atoms with Crippen molar-refractivity contribution >= 4 is 17.7 Å². The summed E-state index contributed by atoms with van der Waals surface area (Å²) in [5.74, 6) is -0.903. The molecule has 3 rings (SSSR count). The van der Waals surface area contributed by atoms with E-state index in [0.717, 1.165) is 13.1 Å². The Morgan fingerprint density at radius 1 is 1.07 bits per heavy atom. The van der Waals surface area contributed by atoms with Gasteiger partial charge in [-0.15, -0.1) is 0 Å². The average Bonchev–Trinajstić information content (AvgIpc) is 2.96. The summed E-state index contributed by atoms with van der Waals surface area (Å²) < 4.78 is 0. The fourth-order valence-corrected chi connectivity index (χ4v) is 4.94. The molecule has 162 valence electrons. The van der Waals surface area contributed by atoms with Gasteiger partial charge in [0, 0.05) is 12.1 Å². The van der Waals surface area contributed by atoms with Gasteiger partial charge in [0.25, 0.3) is 0 Å². The van der Waals surface area contributed by atoms with Gasteiger partial charge in [-0.2, -0.15) is 0 Å². The molecule has 0 aromatic heterocycles. The van der Waals surface area contributed by atoms with Gasteiger partial charge in [0.15, 0.2) is 0 Å². The second kappa shape index (κ2) is 8.99. The van der Waals surface area contributed by atoms with Gasteiger partial charge in [0.2, 0.25) is 17.7 Å². The largest absolute Gasteiger partial charge is 0.352 e. The van der Waals surface area contributed by atoms with Crippen molar-refractivity contribution in [3.63, 3.8) is 0 Å². The molecule has 3 amide bonds. The summed E-state index contributed by atoms with van der Waals surface area (Å²) in [6.07, 6.45) is 9.32. The Balaban J connectivity index is 1.70. The number of fused-ring (bicyclic) bond motifs is 1. The predicted octanol–water partition coefficient (Wildman–Crippen LogP) is 2.73. The third-order valence-electron chi connectivity index (χ3n) is 6.76. The van der Waals surface area contributed by atoms with Crippen LogP contribution in [0.3, 0.4) is 0 Å². The van der Waals surface area contributed by atoms with E-state index in [1.54, 1.807) is 0 Å². The van der Waals surface area contributed by atoms with Gasteiger partial charge < -0.3 is 5.32 Å². The van der Waals surface area contributed by atoms with Gasteiger partial charge in [-0.3, -0.25) is 24.2 Å². The highest BCUT2D eigenvalue weighted by Crippen LogP contribution is 2.37. The van der Waals surface area contributed by atoms with Crippen LogP contribution in [0.1, 0.15) is 66.2 Å². The molecule has 0 radical (unpaired) electrons. The molecule has 6 nitrogen and oxygen atoms in total. The molecule has 0 spiro atoms. The molecule has 3 aliphatic rings. The van der Waals surface area contributed by atoms with Crippen molar-refractivity contribution in [3.05, 3.63) is 12.2 Å². The lowest BCUT2D eigenvalue weighted by Crippen LogP contribution is -2.57. The molecule has 2 fully saturated rings. The molecular formula is C23H37N3O3. The summed E-state index contributed by atoms with van der Waals surface area (Å²) in [6, 6.07) is -0.710. The molecule has 2 aliphatic heterocycles. The molecule has 0 saturated carbocycles. The second-order valence-electron chi connectivity index (χ2n) is 9.93. The van der Waals surface area contributed by atoms with Gasteiger partial charge in [0.05, 0.1) is 11.8 Å². The van der Waals surface area contributed by atoms with E-state index in [2.05, 4.69) is 24.1 Å². The summed E-state index contributed by atoms with van der Waals surface area (Å²) in [7, 11) is 0. The summed E-state index contributed by atoms with van der Waals surface area (Å²) in [5, 5.41) is 3.08. The highest BCUT2D eigenvalue weighted by molar-refractivity contribution is 6.08. The first-order chi connectivity index (χ1) is 13.7. The number of imide groups is 1. The number of rotatable bonds is 7. The highest BCUT2D eigenvalue weighted by Gasteiger charge is 2.51.